The molecule has 0 saturated heterocycles. The fourth-order valence-electron chi connectivity index (χ4n) is 2.38. The van der Waals surface area contributed by atoms with Gasteiger partial charge in [0.1, 0.15) is 0 Å². The van der Waals surface area contributed by atoms with Crippen molar-refractivity contribution >= 4 is 29.4 Å². The number of hydrogen-bond donors (Lipinski definition) is 2. The van der Waals surface area contributed by atoms with Gasteiger partial charge in [-0.25, -0.2) is 0 Å². The summed E-state index contributed by atoms with van der Waals surface area (Å²) in [7, 11) is -1.41. The molecule has 0 bridgehead atoms. The van der Waals surface area contributed by atoms with Gasteiger partial charge in [-0.15, -0.1) is 0 Å². The van der Waals surface area contributed by atoms with Gasteiger partial charge in [0.25, 0.3) is 0 Å². The summed E-state index contributed by atoms with van der Waals surface area (Å²) in [6.07, 6.45) is 5.13. The molecule has 1 aliphatic rings. The standard InChI is InChI=1S/C13H11BO2/c15-14(16)12-8-7-10-4-1-3-9-5-2-6-11(12)13(9)10/h1-3,5-8,15-16H,4H2. The highest BCUT2D eigenvalue weighted by atomic mass is 16.4. The van der Waals surface area contributed by atoms with Crippen molar-refractivity contribution in [2.24, 2.45) is 0 Å². The first-order chi connectivity index (χ1) is 7.77. The van der Waals surface area contributed by atoms with E-state index >= 15 is 0 Å². The van der Waals surface area contributed by atoms with Crippen molar-refractivity contribution in [3.8, 4) is 0 Å². The van der Waals surface area contributed by atoms with Gasteiger partial charge in [-0.3, -0.25) is 0 Å². The molecule has 0 aromatic heterocycles. The van der Waals surface area contributed by atoms with Gasteiger partial charge in [0.05, 0.1) is 0 Å². The third-order valence-electron chi connectivity index (χ3n) is 3.11. The lowest BCUT2D eigenvalue weighted by molar-refractivity contribution is 0.426. The molecule has 0 unspecified atom stereocenters. The molecule has 16 heavy (non-hydrogen) atoms. The fourth-order valence-corrected chi connectivity index (χ4v) is 2.38. The Kier molecular flexibility index (Phi) is 2.09. The van der Waals surface area contributed by atoms with Crippen LogP contribution in [0.3, 0.4) is 0 Å². The normalized spacial score (nSPS) is 13.1. The molecule has 0 spiro atoms. The van der Waals surface area contributed by atoms with E-state index in [2.05, 4.69) is 18.2 Å². The van der Waals surface area contributed by atoms with Crippen molar-refractivity contribution < 1.29 is 10.0 Å². The highest BCUT2D eigenvalue weighted by Gasteiger charge is 2.17. The van der Waals surface area contributed by atoms with Crippen molar-refractivity contribution in [3.63, 3.8) is 0 Å². The molecular formula is C13H11BO2. The van der Waals surface area contributed by atoms with E-state index in [9.17, 15) is 10.0 Å². The average molecular weight is 210 g/mol. The maximum atomic E-state index is 9.33. The molecular weight excluding hydrogens is 199 g/mol. The van der Waals surface area contributed by atoms with Gasteiger partial charge in [-0.05, 0) is 33.8 Å². The van der Waals surface area contributed by atoms with Crippen LogP contribution in [0.15, 0.2) is 36.4 Å². The Morgan fingerprint density at radius 3 is 2.75 bits per heavy atom. The molecule has 2 nitrogen and oxygen atoms in total. The Bertz CT molecular complexity index is 588. The SMILES string of the molecule is OB(O)c1ccc2c3c(cccc13)C=CC2. The molecule has 3 rings (SSSR count). The monoisotopic (exact) mass is 210 g/mol. The van der Waals surface area contributed by atoms with E-state index in [1.165, 1.54) is 5.56 Å². The zero-order chi connectivity index (χ0) is 11.1. The van der Waals surface area contributed by atoms with Gasteiger partial charge >= 0.3 is 7.12 Å². The zero-order valence-electron chi connectivity index (χ0n) is 8.72. The third-order valence-corrected chi connectivity index (χ3v) is 3.11. The fraction of sp³-hybridized carbons (Fsp3) is 0.0769. The summed E-state index contributed by atoms with van der Waals surface area (Å²) in [5.74, 6) is 0. The van der Waals surface area contributed by atoms with Crippen LogP contribution >= 0.6 is 0 Å². The van der Waals surface area contributed by atoms with Gasteiger partial charge in [0.2, 0.25) is 0 Å². The summed E-state index contributed by atoms with van der Waals surface area (Å²) >= 11 is 0. The summed E-state index contributed by atoms with van der Waals surface area (Å²) in [4.78, 5) is 0. The molecule has 0 fully saturated rings. The summed E-state index contributed by atoms with van der Waals surface area (Å²) in [5.41, 5.74) is 2.98. The van der Waals surface area contributed by atoms with E-state index in [1.807, 2.05) is 18.2 Å². The van der Waals surface area contributed by atoms with Crippen LogP contribution in [0, 0.1) is 0 Å². The van der Waals surface area contributed by atoms with Gasteiger partial charge in [-0.2, -0.15) is 0 Å². The lowest BCUT2D eigenvalue weighted by Crippen LogP contribution is -2.30. The first-order valence-electron chi connectivity index (χ1n) is 5.34. The molecule has 0 radical (unpaired) electrons. The summed E-state index contributed by atoms with van der Waals surface area (Å²) in [6, 6.07) is 9.71. The Balaban J connectivity index is 2.44. The quantitative estimate of drug-likeness (QED) is 0.691. The predicted molar refractivity (Wildman–Crippen MR) is 66.5 cm³/mol. The first kappa shape index (κ1) is 9.64. The number of benzene rings is 2. The van der Waals surface area contributed by atoms with Crippen molar-refractivity contribution in [2.45, 2.75) is 6.42 Å². The van der Waals surface area contributed by atoms with Crippen LogP contribution in [-0.2, 0) is 6.42 Å². The highest BCUT2D eigenvalue weighted by molar-refractivity contribution is 6.62. The summed E-state index contributed by atoms with van der Waals surface area (Å²) < 4.78 is 0. The second kappa shape index (κ2) is 3.47. The Morgan fingerprint density at radius 2 is 1.94 bits per heavy atom. The van der Waals surface area contributed by atoms with Crippen LogP contribution in [0.5, 0.6) is 0 Å². The molecule has 78 valence electrons. The van der Waals surface area contributed by atoms with Gasteiger partial charge in [-0.1, -0.05) is 42.5 Å². The van der Waals surface area contributed by atoms with Crippen molar-refractivity contribution in [3.05, 3.63) is 47.5 Å². The molecule has 2 N–H and O–H groups in total. The molecule has 2 aromatic carbocycles. The molecule has 0 saturated carbocycles. The van der Waals surface area contributed by atoms with Crippen molar-refractivity contribution in [1.82, 2.24) is 0 Å². The van der Waals surface area contributed by atoms with Crippen LogP contribution in [0.2, 0.25) is 0 Å². The van der Waals surface area contributed by atoms with Gasteiger partial charge in [0, 0.05) is 0 Å². The van der Waals surface area contributed by atoms with E-state index in [0.29, 0.717) is 5.46 Å². The van der Waals surface area contributed by atoms with Crippen LogP contribution in [-0.4, -0.2) is 17.2 Å². The smallest absolute Gasteiger partial charge is 0.423 e. The molecule has 1 aliphatic carbocycles. The minimum absolute atomic E-state index is 0.580. The minimum atomic E-state index is -1.41. The number of allylic oxidation sites excluding steroid dienone is 1. The zero-order valence-corrected chi connectivity index (χ0v) is 8.72. The van der Waals surface area contributed by atoms with E-state index in [0.717, 1.165) is 22.8 Å². The maximum Gasteiger partial charge on any atom is 0.489 e. The first-order valence-corrected chi connectivity index (χ1v) is 5.34. The topological polar surface area (TPSA) is 40.5 Å². The Hall–Kier alpha value is -1.58. The Morgan fingerprint density at radius 1 is 1.06 bits per heavy atom. The van der Waals surface area contributed by atoms with Crippen LogP contribution in [0.4, 0.5) is 0 Å². The van der Waals surface area contributed by atoms with E-state index in [-0.39, 0.29) is 0 Å². The average Bonchev–Trinajstić information content (AvgIpc) is 2.30. The number of rotatable bonds is 1. The number of hydrogen-bond acceptors (Lipinski definition) is 2. The minimum Gasteiger partial charge on any atom is -0.423 e. The second-order valence-electron chi connectivity index (χ2n) is 4.06. The van der Waals surface area contributed by atoms with E-state index in [4.69, 9.17) is 0 Å². The maximum absolute atomic E-state index is 9.33. The predicted octanol–water partition coefficient (Wildman–Crippen LogP) is 1.09. The highest BCUT2D eigenvalue weighted by Crippen LogP contribution is 2.27. The molecule has 0 heterocycles. The van der Waals surface area contributed by atoms with Gasteiger partial charge < -0.3 is 10.0 Å². The van der Waals surface area contributed by atoms with Crippen LogP contribution in [0.25, 0.3) is 16.8 Å². The largest absolute Gasteiger partial charge is 0.489 e. The molecule has 0 atom stereocenters. The van der Waals surface area contributed by atoms with Crippen molar-refractivity contribution in [1.29, 1.82) is 0 Å². The van der Waals surface area contributed by atoms with Crippen molar-refractivity contribution in [2.75, 3.05) is 0 Å². The molecule has 0 aliphatic heterocycles. The summed E-state index contributed by atoms with van der Waals surface area (Å²) in [6.45, 7) is 0. The summed E-state index contributed by atoms with van der Waals surface area (Å²) in [5, 5.41) is 20.8. The van der Waals surface area contributed by atoms with Crippen LogP contribution < -0.4 is 5.46 Å². The van der Waals surface area contributed by atoms with Crippen LogP contribution in [0.1, 0.15) is 11.1 Å². The Labute approximate surface area is 94.0 Å². The molecule has 0 amide bonds. The van der Waals surface area contributed by atoms with E-state index < -0.39 is 7.12 Å². The van der Waals surface area contributed by atoms with Gasteiger partial charge in [0.15, 0.2) is 0 Å². The lowest BCUT2D eigenvalue weighted by Gasteiger charge is -2.15. The molecule has 3 heteroatoms. The lowest BCUT2D eigenvalue weighted by atomic mass is 9.75. The van der Waals surface area contributed by atoms with E-state index in [1.54, 1.807) is 6.07 Å². The molecule has 2 aromatic rings. The second-order valence-corrected chi connectivity index (χ2v) is 4.06. The third kappa shape index (κ3) is 1.29.